The number of amides is 1. The van der Waals surface area contributed by atoms with E-state index < -0.39 is 12.4 Å². The van der Waals surface area contributed by atoms with E-state index in [-0.39, 0.29) is 11.3 Å². The van der Waals surface area contributed by atoms with Crippen LogP contribution in [0.1, 0.15) is 34.8 Å². The van der Waals surface area contributed by atoms with E-state index in [9.17, 15) is 14.7 Å². The average Bonchev–Trinajstić information content (AvgIpc) is 2.64. The molecule has 0 saturated carbocycles. The number of anilines is 1. The molecule has 16 heavy (non-hydrogen) atoms. The summed E-state index contributed by atoms with van der Waals surface area (Å²) in [4.78, 5) is 22.1. The molecule has 1 amide bonds. The summed E-state index contributed by atoms with van der Waals surface area (Å²) in [5.74, 6) is -1.05. The molecule has 0 aromatic heterocycles. The number of carboxylic acids is 1. The van der Waals surface area contributed by atoms with Crippen molar-refractivity contribution in [3.8, 4) is 0 Å². The molecule has 0 atom stereocenters. The number of aryl methyl sites for hydroxylation is 2. The van der Waals surface area contributed by atoms with Gasteiger partial charge < -0.3 is 10.4 Å². The van der Waals surface area contributed by atoms with Crippen LogP contribution < -0.4 is 5.32 Å². The Morgan fingerprint density at radius 2 is 2.38 bits per heavy atom. The van der Waals surface area contributed by atoms with Crippen molar-refractivity contribution < 1.29 is 16.1 Å². The quantitative estimate of drug-likeness (QED) is 0.746. The van der Waals surface area contributed by atoms with Crippen molar-refractivity contribution in [3.63, 3.8) is 0 Å². The van der Waals surface area contributed by atoms with Gasteiger partial charge in [0.05, 0.1) is 11.3 Å². The second-order valence-corrected chi connectivity index (χ2v) is 3.97. The van der Waals surface area contributed by atoms with Crippen molar-refractivity contribution in [1.29, 1.82) is 0 Å². The van der Waals surface area contributed by atoms with Gasteiger partial charge in [0.15, 0.2) is 0 Å². The van der Waals surface area contributed by atoms with Gasteiger partial charge in [-0.1, -0.05) is 6.07 Å². The molecule has 1 aromatic carbocycles. The normalized spacial score (nSPS) is 14.2. The number of benzene rings is 1. The Balaban J connectivity index is 2.64. The minimum absolute atomic E-state index is 0.151. The molecule has 4 nitrogen and oxygen atoms in total. The van der Waals surface area contributed by atoms with E-state index in [0.29, 0.717) is 5.56 Å². The molecule has 0 aliphatic heterocycles. The number of carbonyl (C=O) groups is 2. The van der Waals surface area contributed by atoms with Gasteiger partial charge in [-0.25, -0.2) is 4.79 Å². The fourth-order valence-corrected chi connectivity index (χ4v) is 2.34. The highest BCUT2D eigenvalue weighted by atomic mass is 16.4. The Bertz CT molecular complexity index is 511. The molecule has 4 heteroatoms. The zero-order valence-corrected chi connectivity index (χ0v) is 8.96. The number of hydrogen-bond donors (Lipinski definition) is 2. The minimum Gasteiger partial charge on any atom is -0.478 e. The van der Waals surface area contributed by atoms with E-state index in [1.54, 1.807) is 6.92 Å². The second-order valence-electron chi connectivity index (χ2n) is 3.97. The third kappa shape index (κ3) is 1.56. The largest absolute Gasteiger partial charge is 0.478 e. The van der Waals surface area contributed by atoms with Crippen LogP contribution in [0.25, 0.3) is 0 Å². The van der Waals surface area contributed by atoms with Crippen molar-refractivity contribution in [2.75, 3.05) is 5.32 Å². The summed E-state index contributed by atoms with van der Waals surface area (Å²) in [5, 5.41) is 11.6. The molecule has 2 rings (SSSR count). The monoisotopic (exact) mass is 220 g/mol. The van der Waals surface area contributed by atoms with Gasteiger partial charge in [-0.2, -0.15) is 0 Å². The van der Waals surface area contributed by atoms with E-state index >= 15 is 0 Å². The van der Waals surface area contributed by atoms with Gasteiger partial charge >= 0.3 is 5.97 Å². The molecule has 84 valence electrons. The molecule has 1 aliphatic rings. The number of rotatable bonds is 2. The van der Waals surface area contributed by atoms with Gasteiger partial charge in [0, 0.05) is 0 Å². The summed E-state index contributed by atoms with van der Waals surface area (Å²) < 4.78 is 6.90. The zero-order chi connectivity index (χ0) is 12.6. The van der Waals surface area contributed by atoms with Crippen LogP contribution in [0, 0.1) is 6.92 Å². The molecular weight excluding hydrogens is 206 g/mol. The van der Waals surface area contributed by atoms with Crippen LogP contribution in [0.3, 0.4) is 0 Å². The Kier molecular flexibility index (Phi) is 2.33. The summed E-state index contributed by atoms with van der Waals surface area (Å²) in [6, 6.07) is 1.90. The van der Waals surface area contributed by atoms with Gasteiger partial charge in [0.1, 0.15) is 1.37 Å². The molecule has 0 saturated heterocycles. The van der Waals surface area contributed by atoms with Crippen molar-refractivity contribution in [2.45, 2.75) is 26.2 Å². The Labute approximate surface area is 94.7 Å². The number of aromatic carboxylic acids is 1. The predicted molar refractivity (Wildman–Crippen MR) is 59.9 cm³/mol. The predicted octanol–water partition coefficient (Wildman–Crippen LogP) is 1.75. The van der Waals surface area contributed by atoms with Crippen LogP contribution in [0.5, 0.6) is 0 Å². The van der Waals surface area contributed by atoms with Gasteiger partial charge in [0.2, 0.25) is 6.39 Å². The highest BCUT2D eigenvalue weighted by Gasteiger charge is 2.23. The Morgan fingerprint density at radius 1 is 1.62 bits per heavy atom. The Morgan fingerprint density at radius 3 is 3.00 bits per heavy atom. The van der Waals surface area contributed by atoms with Crippen LogP contribution in [0.4, 0.5) is 5.69 Å². The third-order valence-corrected chi connectivity index (χ3v) is 2.99. The summed E-state index contributed by atoms with van der Waals surface area (Å²) in [5.41, 5.74) is 2.95. The van der Waals surface area contributed by atoms with Gasteiger partial charge in [-0.3, -0.25) is 4.79 Å². The maximum Gasteiger partial charge on any atom is 0.338 e. The first-order valence-electron chi connectivity index (χ1n) is 5.67. The lowest BCUT2D eigenvalue weighted by Gasteiger charge is -2.13. The molecule has 0 fully saturated rings. The fourth-order valence-electron chi connectivity index (χ4n) is 2.34. The van der Waals surface area contributed by atoms with Crippen LogP contribution in [-0.2, 0) is 17.6 Å². The second kappa shape index (κ2) is 3.96. The standard InChI is InChI=1S/C12H13NO3/c1-7-5-8-3-2-4-9(8)10(12(15)16)11(7)13-6-14/h5-6H,2-4H2,1H3,(H,13,14)(H,15,16)/i6D. The van der Waals surface area contributed by atoms with E-state index in [4.69, 9.17) is 1.37 Å². The molecule has 0 bridgehead atoms. The first-order chi connectivity index (χ1) is 8.00. The maximum atomic E-state index is 11.3. The highest BCUT2D eigenvalue weighted by molar-refractivity contribution is 5.99. The summed E-state index contributed by atoms with van der Waals surface area (Å²) in [6.07, 6.45) is 1.55. The Hall–Kier alpha value is -1.84. The highest BCUT2D eigenvalue weighted by Crippen LogP contribution is 2.33. The average molecular weight is 220 g/mol. The van der Waals surface area contributed by atoms with Crippen molar-refractivity contribution in [1.82, 2.24) is 0 Å². The molecular formula is C12H13NO3. The SMILES string of the molecule is [2H]C(=O)Nc1c(C)cc2c(c1C(=O)O)CCC2. The summed E-state index contributed by atoms with van der Waals surface area (Å²) >= 11 is 0. The lowest BCUT2D eigenvalue weighted by Crippen LogP contribution is -2.10. The molecule has 0 radical (unpaired) electrons. The number of carbonyl (C=O) groups excluding carboxylic acids is 1. The number of nitrogens with one attached hydrogen (secondary N) is 1. The summed E-state index contributed by atoms with van der Waals surface area (Å²) in [7, 11) is 0. The molecule has 0 spiro atoms. The van der Waals surface area contributed by atoms with Crippen LogP contribution in [0.2, 0.25) is 0 Å². The zero-order valence-electron chi connectivity index (χ0n) is 9.96. The first-order valence-corrected chi connectivity index (χ1v) is 5.17. The molecule has 0 heterocycles. The van der Waals surface area contributed by atoms with Crippen LogP contribution in [-0.4, -0.2) is 17.5 Å². The van der Waals surface area contributed by atoms with Crippen LogP contribution >= 0.6 is 0 Å². The number of carboxylic acid groups (broad SMARTS) is 1. The maximum absolute atomic E-state index is 11.3. The molecule has 1 aromatic rings. The van der Waals surface area contributed by atoms with E-state index in [2.05, 4.69) is 5.32 Å². The van der Waals surface area contributed by atoms with Gasteiger partial charge in [-0.15, -0.1) is 0 Å². The van der Waals surface area contributed by atoms with E-state index in [1.807, 2.05) is 6.07 Å². The number of hydrogen-bond acceptors (Lipinski definition) is 2. The smallest absolute Gasteiger partial charge is 0.338 e. The lowest BCUT2D eigenvalue weighted by molar-refractivity contribution is -0.105. The summed E-state index contributed by atoms with van der Waals surface area (Å²) in [6.45, 7) is 1.75. The van der Waals surface area contributed by atoms with Gasteiger partial charge in [0.25, 0.3) is 0 Å². The van der Waals surface area contributed by atoms with Crippen LogP contribution in [0.15, 0.2) is 6.07 Å². The minimum atomic E-state index is -1.05. The van der Waals surface area contributed by atoms with Crippen molar-refractivity contribution >= 4 is 18.0 Å². The van der Waals surface area contributed by atoms with Crippen molar-refractivity contribution in [2.24, 2.45) is 0 Å². The van der Waals surface area contributed by atoms with E-state index in [1.165, 1.54) is 0 Å². The van der Waals surface area contributed by atoms with E-state index in [0.717, 1.165) is 30.4 Å². The topological polar surface area (TPSA) is 66.4 Å². The van der Waals surface area contributed by atoms with Crippen molar-refractivity contribution in [3.05, 3.63) is 28.3 Å². The molecule has 0 unspecified atom stereocenters. The molecule has 2 N–H and O–H groups in total. The first kappa shape index (κ1) is 9.39. The van der Waals surface area contributed by atoms with Gasteiger partial charge in [-0.05, 0) is 42.9 Å². The number of fused-ring (bicyclic) bond motifs is 1. The lowest BCUT2D eigenvalue weighted by atomic mass is 9.97. The molecule has 1 aliphatic carbocycles. The fraction of sp³-hybridized carbons (Fsp3) is 0.333. The third-order valence-electron chi connectivity index (χ3n) is 2.99.